The van der Waals surface area contributed by atoms with Crippen LogP contribution in [0.4, 0.5) is 0 Å². The van der Waals surface area contributed by atoms with Crippen molar-refractivity contribution in [3.63, 3.8) is 0 Å². The van der Waals surface area contributed by atoms with Crippen molar-refractivity contribution < 1.29 is 8.42 Å². The summed E-state index contributed by atoms with van der Waals surface area (Å²) in [4.78, 5) is 5.74. The van der Waals surface area contributed by atoms with Crippen molar-refractivity contribution >= 4 is 10.0 Å². The van der Waals surface area contributed by atoms with Crippen molar-refractivity contribution in [2.75, 3.05) is 0 Å². The van der Waals surface area contributed by atoms with Crippen LogP contribution in [0, 0.1) is 11.3 Å². The Morgan fingerprint density at radius 2 is 2.33 bits per heavy atom. The molecule has 1 rings (SSSR count). The first-order valence-electron chi connectivity index (χ1n) is 4.10. The van der Waals surface area contributed by atoms with Crippen LogP contribution in [0.2, 0.25) is 0 Å². The molecular weight excluding hydrogens is 218 g/mol. The van der Waals surface area contributed by atoms with Gasteiger partial charge in [-0.1, -0.05) is 0 Å². The summed E-state index contributed by atoms with van der Waals surface area (Å²) in [7, 11) is -2.02. The number of imidazole rings is 1. The highest BCUT2D eigenvalue weighted by atomic mass is 32.2. The molecule has 0 spiro atoms. The molecule has 8 heteroatoms. The largest absolute Gasteiger partial charge is 0.339 e. The maximum atomic E-state index is 11.5. The summed E-state index contributed by atoms with van der Waals surface area (Å²) in [6, 6.07) is 1.22. The monoisotopic (exact) mass is 229 g/mol. The Labute approximate surface area is 87.8 Å². The summed E-state index contributed by atoms with van der Waals surface area (Å²) in [6.07, 6.45) is 2.74. The van der Waals surface area contributed by atoms with Crippen molar-refractivity contribution in [3.05, 3.63) is 12.5 Å². The second kappa shape index (κ2) is 4.39. The van der Waals surface area contributed by atoms with E-state index in [4.69, 9.17) is 5.26 Å². The fourth-order valence-corrected chi connectivity index (χ4v) is 1.71. The molecule has 0 fully saturated rings. The van der Waals surface area contributed by atoms with E-state index in [9.17, 15) is 8.42 Å². The van der Waals surface area contributed by atoms with Gasteiger partial charge in [0.05, 0.1) is 12.4 Å². The highest BCUT2D eigenvalue weighted by molar-refractivity contribution is 7.89. The third-order valence-electron chi connectivity index (χ3n) is 1.56. The molecule has 1 aromatic heterocycles. The van der Waals surface area contributed by atoms with Gasteiger partial charge < -0.3 is 4.57 Å². The highest BCUT2D eigenvalue weighted by Crippen LogP contribution is 2.02. The molecule has 0 aliphatic rings. The standard InChI is InChI=1S/C7H11N5O2S/c1-6(3-8)10-11-15(13,14)7-4-12(2)5-9-7/h4-6,10-11H,1-2H3. The summed E-state index contributed by atoms with van der Waals surface area (Å²) in [5.74, 6) is 0. The molecule has 1 heterocycles. The van der Waals surface area contributed by atoms with Crippen molar-refractivity contribution in [2.24, 2.45) is 7.05 Å². The Balaban J connectivity index is 2.73. The van der Waals surface area contributed by atoms with Gasteiger partial charge in [-0.15, -0.1) is 4.83 Å². The van der Waals surface area contributed by atoms with E-state index in [2.05, 4.69) is 15.2 Å². The van der Waals surface area contributed by atoms with Crippen LogP contribution in [0.1, 0.15) is 6.92 Å². The van der Waals surface area contributed by atoms with Gasteiger partial charge in [0.25, 0.3) is 10.0 Å². The molecule has 82 valence electrons. The molecule has 0 amide bonds. The first kappa shape index (κ1) is 11.6. The van der Waals surface area contributed by atoms with E-state index in [1.54, 1.807) is 7.05 Å². The molecule has 0 saturated heterocycles. The number of hydrogen-bond donors (Lipinski definition) is 2. The summed E-state index contributed by atoms with van der Waals surface area (Å²) in [6.45, 7) is 1.53. The number of aryl methyl sites for hydroxylation is 1. The maximum absolute atomic E-state index is 11.5. The zero-order valence-electron chi connectivity index (χ0n) is 8.30. The van der Waals surface area contributed by atoms with Gasteiger partial charge in [-0.25, -0.2) is 18.8 Å². The van der Waals surface area contributed by atoms with Gasteiger partial charge in [0, 0.05) is 13.2 Å². The quantitative estimate of drug-likeness (QED) is 0.653. The average Bonchev–Trinajstić information content (AvgIpc) is 2.62. The summed E-state index contributed by atoms with van der Waals surface area (Å²) < 4.78 is 24.5. The first-order valence-corrected chi connectivity index (χ1v) is 5.59. The Hall–Kier alpha value is -1.43. The number of rotatable bonds is 4. The molecule has 0 bridgehead atoms. The number of nitrogens with one attached hydrogen (secondary N) is 2. The van der Waals surface area contributed by atoms with E-state index in [0.29, 0.717) is 0 Å². The van der Waals surface area contributed by atoms with Crippen LogP contribution < -0.4 is 10.3 Å². The highest BCUT2D eigenvalue weighted by Gasteiger charge is 2.17. The lowest BCUT2D eigenvalue weighted by Crippen LogP contribution is -2.42. The van der Waals surface area contributed by atoms with Crippen LogP contribution >= 0.6 is 0 Å². The van der Waals surface area contributed by atoms with Crippen LogP contribution in [0.3, 0.4) is 0 Å². The minimum atomic E-state index is -3.69. The fourth-order valence-electron chi connectivity index (χ4n) is 0.778. The zero-order valence-corrected chi connectivity index (χ0v) is 9.11. The molecule has 0 radical (unpaired) electrons. The third-order valence-corrected chi connectivity index (χ3v) is 2.71. The average molecular weight is 229 g/mol. The minimum absolute atomic E-state index is 0.0948. The number of nitriles is 1. The number of aromatic nitrogens is 2. The summed E-state index contributed by atoms with van der Waals surface area (Å²) in [5.41, 5.74) is 2.33. The SMILES string of the molecule is CC(C#N)NNS(=O)(=O)c1cn(C)cn1. The zero-order chi connectivity index (χ0) is 11.5. The van der Waals surface area contributed by atoms with Crippen molar-refractivity contribution in [2.45, 2.75) is 18.0 Å². The Morgan fingerprint density at radius 3 is 2.80 bits per heavy atom. The Morgan fingerprint density at radius 1 is 1.67 bits per heavy atom. The van der Waals surface area contributed by atoms with Crippen molar-refractivity contribution in [1.29, 1.82) is 5.26 Å². The van der Waals surface area contributed by atoms with Crippen molar-refractivity contribution in [3.8, 4) is 6.07 Å². The maximum Gasteiger partial charge on any atom is 0.272 e. The van der Waals surface area contributed by atoms with E-state index in [1.807, 2.05) is 6.07 Å². The normalized spacial score (nSPS) is 13.4. The van der Waals surface area contributed by atoms with Gasteiger partial charge in [-0.05, 0) is 6.92 Å². The number of hydrazine groups is 1. The topological polar surface area (TPSA) is 99.8 Å². The van der Waals surface area contributed by atoms with E-state index >= 15 is 0 Å². The molecule has 0 saturated carbocycles. The first-order chi connectivity index (χ1) is 6.95. The van der Waals surface area contributed by atoms with Gasteiger partial charge in [0.2, 0.25) is 0 Å². The van der Waals surface area contributed by atoms with Crippen LogP contribution in [0.15, 0.2) is 17.6 Å². The van der Waals surface area contributed by atoms with Crippen LogP contribution in [-0.4, -0.2) is 24.0 Å². The van der Waals surface area contributed by atoms with E-state index < -0.39 is 16.1 Å². The van der Waals surface area contributed by atoms with Gasteiger partial charge in [0.15, 0.2) is 5.03 Å². The number of sulfonamides is 1. The smallest absolute Gasteiger partial charge is 0.272 e. The van der Waals surface area contributed by atoms with Gasteiger partial charge in [-0.2, -0.15) is 5.26 Å². The summed E-state index contributed by atoms with van der Waals surface area (Å²) >= 11 is 0. The molecule has 0 aliphatic carbocycles. The lowest BCUT2D eigenvalue weighted by Gasteiger charge is -2.06. The molecule has 7 nitrogen and oxygen atoms in total. The number of hydrogen-bond acceptors (Lipinski definition) is 5. The molecular formula is C7H11N5O2S. The van der Waals surface area contributed by atoms with Gasteiger partial charge >= 0.3 is 0 Å². The van der Waals surface area contributed by atoms with Gasteiger partial charge in [-0.3, -0.25) is 0 Å². The van der Waals surface area contributed by atoms with Gasteiger partial charge in [0.1, 0.15) is 6.04 Å². The van der Waals surface area contributed by atoms with Crippen LogP contribution in [0.25, 0.3) is 0 Å². The van der Waals surface area contributed by atoms with E-state index in [1.165, 1.54) is 24.0 Å². The second-order valence-electron chi connectivity index (χ2n) is 2.98. The van der Waals surface area contributed by atoms with Crippen LogP contribution in [-0.2, 0) is 17.1 Å². The predicted molar refractivity (Wildman–Crippen MR) is 51.7 cm³/mol. The Kier molecular flexibility index (Phi) is 3.41. The predicted octanol–water partition coefficient (Wildman–Crippen LogP) is -0.885. The molecule has 0 aromatic carbocycles. The van der Waals surface area contributed by atoms with Crippen molar-refractivity contribution in [1.82, 2.24) is 19.8 Å². The lowest BCUT2D eigenvalue weighted by molar-refractivity contribution is 0.540. The molecule has 1 atom stereocenters. The van der Waals surface area contributed by atoms with E-state index in [-0.39, 0.29) is 5.03 Å². The molecule has 15 heavy (non-hydrogen) atoms. The molecule has 2 N–H and O–H groups in total. The summed E-state index contributed by atoms with van der Waals surface area (Å²) in [5, 5.41) is 8.34. The minimum Gasteiger partial charge on any atom is -0.339 e. The molecule has 1 unspecified atom stereocenters. The third kappa shape index (κ3) is 3.02. The van der Waals surface area contributed by atoms with E-state index in [0.717, 1.165) is 0 Å². The van der Waals surface area contributed by atoms with Crippen LogP contribution in [0.5, 0.6) is 0 Å². The molecule has 0 aliphatic heterocycles. The second-order valence-corrected chi connectivity index (χ2v) is 4.61. The Bertz CT molecular complexity index is 472. The number of nitrogens with zero attached hydrogens (tertiary/aromatic N) is 3. The fraction of sp³-hybridized carbons (Fsp3) is 0.429. The molecule has 1 aromatic rings. The lowest BCUT2D eigenvalue weighted by atomic mass is 10.4.